The van der Waals surface area contributed by atoms with Crippen LogP contribution in [0.1, 0.15) is 90.5 Å². The highest BCUT2D eigenvalue weighted by Crippen LogP contribution is 2.41. The van der Waals surface area contributed by atoms with E-state index in [1.807, 2.05) is 66.8 Å². The van der Waals surface area contributed by atoms with Gasteiger partial charge in [-0.3, -0.25) is 24.0 Å². The van der Waals surface area contributed by atoms with Gasteiger partial charge in [-0.1, -0.05) is 92.2 Å². The number of amides is 2. The van der Waals surface area contributed by atoms with Gasteiger partial charge in [0.15, 0.2) is 17.3 Å². The average molecular weight is 869 g/mol. The molecule has 0 radical (unpaired) electrons. The minimum absolute atomic E-state index is 0.0229. The molecule has 5 rings (SSSR count). The number of rotatable bonds is 20. The van der Waals surface area contributed by atoms with Crippen LogP contribution in [0, 0.1) is 23.2 Å². The minimum Gasteiger partial charge on any atom is -0.492 e. The number of ether oxygens (including phenoxy) is 2. The lowest BCUT2D eigenvalue weighted by molar-refractivity contribution is -0.142. The van der Waals surface area contributed by atoms with E-state index in [1.54, 1.807) is 56.4 Å². The monoisotopic (exact) mass is 868 g/mol. The summed E-state index contributed by atoms with van der Waals surface area (Å²) in [6.07, 6.45) is 5.19. The molecular formula is C51H60N6O7. The maximum Gasteiger partial charge on any atom is 0.226 e. The number of benzene rings is 4. The van der Waals surface area contributed by atoms with E-state index in [0.717, 1.165) is 11.1 Å². The molecule has 1 aliphatic rings. The van der Waals surface area contributed by atoms with Gasteiger partial charge in [-0.25, -0.2) is 0 Å². The van der Waals surface area contributed by atoms with E-state index in [4.69, 9.17) is 26.7 Å². The van der Waals surface area contributed by atoms with Gasteiger partial charge in [0, 0.05) is 74.3 Å². The SMILES string of the molecule is C[C@@H]1CC(=O)[C@@H](N(C)C(=O)[C@H](CCCCN)CC(=O)c2ccc(/C=C/c3ccccc3)cc2)c2ccc(OCCN)c(c2)-c2cc(ccc2OCCN)C[C@@H](C(=O)CCC#N)NC1=O. The van der Waals surface area contributed by atoms with Crippen LogP contribution in [0.25, 0.3) is 23.3 Å². The minimum atomic E-state index is -1.19. The number of unbranched alkanes of at least 4 members (excludes halogenated alkanes) is 1. The topological polar surface area (TPSA) is 221 Å². The highest BCUT2D eigenvalue weighted by molar-refractivity contribution is 6.00. The van der Waals surface area contributed by atoms with Crippen molar-refractivity contribution in [3.8, 4) is 28.7 Å². The molecule has 0 aromatic heterocycles. The summed E-state index contributed by atoms with van der Waals surface area (Å²) in [4.78, 5) is 72.2. The van der Waals surface area contributed by atoms with Crippen molar-refractivity contribution in [2.75, 3.05) is 39.9 Å². The molecule has 0 aliphatic carbocycles. The number of nitrogens with two attached hydrogens (primary N) is 3. The number of nitriles is 1. The Kier molecular flexibility index (Phi) is 18.5. The molecule has 4 aromatic carbocycles. The zero-order valence-corrected chi connectivity index (χ0v) is 36.8. The van der Waals surface area contributed by atoms with E-state index in [0.29, 0.717) is 65.1 Å². The zero-order chi connectivity index (χ0) is 46.0. The molecule has 0 saturated carbocycles. The summed E-state index contributed by atoms with van der Waals surface area (Å²) in [6.45, 7) is 2.83. The Morgan fingerprint density at radius 1 is 0.828 bits per heavy atom. The number of hydrogen-bond acceptors (Lipinski definition) is 11. The predicted molar refractivity (Wildman–Crippen MR) is 248 cm³/mol. The molecule has 7 N–H and O–H groups in total. The van der Waals surface area contributed by atoms with Crippen LogP contribution in [-0.4, -0.2) is 80.0 Å². The van der Waals surface area contributed by atoms with Gasteiger partial charge in [0.25, 0.3) is 0 Å². The number of hydrogen-bond donors (Lipinski definition) is 4. The Hall–Kier alpha value is -6.46. The third-order valence-electron chi connectivity index (χ3n) is 11.3. The summed E-state index contributed by atoms with van der Waals surface area (Å²) < 4.78 is 12.3. The lowest BCUT2D eigenvalue weighted by atomic mass is 9.87. The highest BCUT2D eigenvalue weighted by Gasteiger charge is 2.36. The van der Waals surface area contributed by atoms with Crippen molar-refractivity contribution in [1.82, 2.24) is 10.2 Å². The molecule has 0 unspecified atom stereocenters. The van der Waals surface area contributed by atoms with E-state index in [1.165, 1.54) is 4.90 Å². The fourth-order valence-electron chi connectivity index (χ4n) is 7.85. The van der Waals surface area contributed by atoms with Gasteiger partial charge in [0.05, 0.1) is 12.1 Å². The van der Waals surface area contributed by atoms with Crippen LogP contribution < -0.4 is 32.0 Å². The Bertz CT molecular complexity index is 2310. The summed E-state index contributed by atoms with van der Waals surface area (Å²) >= 11 is 0. The summed E-state index contributed by atoms with van der Waals surface area (Å²) in [5.74, 6) is -2.69. The van der Waals surface area contributed by atoms with E-state index in [9.17, 15) is 29.2 Å². The third-order valence-corrected chi connectivity index (χ3v) is 11.3. The second-order valence-corrected chi connectivity index (χ2v) is 16.1. The lowest BCUT2D eigenvalue weighted by Crippen LogP contribution is -2.45. The third kappa shape index (κ3) is 13.3. The fourth-order valence-corrected chi connectivity index (χ4v) is 7.85. The zero-order valence-electron chi connectivity index (χ0n) is 36.8. The maximum atomic E-state index is 14.8. The molecule has 1 aliphatic heterocycles. The molecular weight excluding hydrogens is 809 g/mol. The number of ketones is 3. The van der Waals surface area contributed by atoms with Gasteiger partial charge < -0.3 is 36.9 Å². The van der Waals surface area contributed by atoms with Crippen molar-refractivity contribution < 1.29 is 33.4 Å². The smallest absolute Gasteiger partial charge is 0.226 e. The highest BCUT2D eigenvalue weighted by atomic mass is 16.5. The quantitative estimate of drug-likeness (QED) is 0.0443. The first-order valence-corrected chi connectivity index (χ1v) is 22.0. The number of likely N-dealkylation sites (N-methyl/N-ethyl adjacent to an activating group) is 1. The maximum absolute atomic E-state index is 14.8. The number of nitrogens with one attached hydrogen (secondary N) is 1. The van der Waals surface area contributed by atoms with Crippen molar-refractivity contribution in [1.29, 1.82) is 5.26 Å². The number of carbonyl (C=O) groups excluding carboxylic acids is 5. The standard InChI is InChI=1S/C51H60N6O7/c1-34-29-46(60)49(57(2)51(62)40(11-6-7-23-52)33-45(59)38-18-15-36(16-19-38)14-13-35-9-4-3-5-10-35)39-20-22-48(64-28-26-55)42(32-39)41-30-37(17-21-47(41)63-27-25-54)31-43(56-50(34)61)44(58)12-8-24-53/h3-5,9-10,13-22,30,32,34,40,43,49H,6-8,11-12,23,25-29,31,33,52,54-55H2,1-2H3,(H,56,61)/b14-13+/t34-,40-,43+,49+/m1/s1. The van der Waals surface area contributed by atoms with E-state index >= 15 is 0 Å². The molecule has 0 saturated heterocycles. The van der Waals surface area contributed by atoms with E-state index in [2.05, 4.69) is 5.32 Å². The predicted octanol–water partition coefficient (Wildman–Crippen LogP) is 6.23. The molecule has 2 amide bonds. The van der Waals surface area contributed by atoms with Crippen molar-refractivity contribution in [3.05, 3.63) is 119 Å². The number of fused-ring (bicyclic) bond motifs is 5. The molecule has 4 aromatic rings. The average Bonchev–Trinajstić information content (AvgIpc) is 3.31. The van der Waals surface area contributed by atoms with E-state index in [-0.39, 0.29) is 70.0 Å². The fraction of sp³-hybridized carbons (Fsp3) is 0.373. The normalized spacial score (nSPS) is 16.8. The van der Waals surface area contributed by atoms with Gasteiger partial charge in [-0.15, -0.1) is 0 Å². The Labute approximate surface area is 376 Å². The Balaban J connectivity index is 1.56. The van der Waals surface area contributed by atoms with Gasteiger partial charge in [-0.05, 0) is 72.3 Å². The molecule has 4 atom stereocenters. The number of Topliss-reactive ketones (excluding diaryl/α,β-unsaturated/α-hetero) is 3. The molecule has 64 heavy (non-hydrogen) atoms. The van der Waals surface area contributed by atoms with Crippen LogP contribution >= 0.6 is 0 Å². The molecule has 13 heteroatoms. The van der Waals surface area contributed by atoms with Crippen molar-refractivity contribution >= 4 is 41.3 Å². The van der Waals surface area contributed by atoms with Crippen molar-refractivity contribution in [2.24, 2.45) is 29.0 Å². The van der Waals surface area contributed by atoms with Gasteiger partial charge >= 0.3 is 0 Å². The molecule has 0 spiro atoms. The lowest BCUT2D eigenvalue weighted by Gasteiger charge is -2.32. The van der Waals surface area contributed by atoms with Crippen LogP contribution in [0.2, 0.25) is 0 Å². The van der Waals surface area contributed by atoms with E-state index < -0.39 is 41.5 Å². The van der Waals surface area contributed by atoms with Crippen molar-refractivity contribution in [3.63, 3.8) is 0 Å². The molecule has 4 bridgehead atoms. The first kappa shape index (κ1) is 48.6. The Morgan fingerprint density at radius 3 is 2.11 bits per heavy atom. The summed E-state index contributed by atoms with van der Waals surface area (Å²) in [6, 6.07) is 27.5. The summed E-state index contributed by atoms with van der Waals surface area (Å²) in [5, 5.41) is 12.1. The van der Waals surface area contributed by atoms with Gasteiger partial charge in [-0.2, -0.15) is 5.26 Å². The molecule has 336 valence electrons. The van der Waals surface area contributed by atoms with Crippen LogP contribution in [-0.2, 0) is 25.6 Å². The Morgan fingerprint density at radius 2 is 1.47 bits per heavy atom. The van der Waals surface area contributed by atoms with Crippen LogP contribution in [0.4, 0.5) is 0 Å². The number of carbonyl (C=O) groups is 5. The van der Waals surface area contributed by atoms with Gasteiger partial charge in [0.1, 0.15) is 30.8 Å². The first-order valence-electron chi connectivity index (χ1n) is 22.0. The summed E-state index contributed by atoms with van der Waals surface area (Å²) in [7, 11) is 1.55. The van der Waals surface area contributed by atoms with Gasteiger partial charge in [0.2, 0.25) is 11.8 Å². The second kappa shape index (κ2) is 24.4. The summed E-state index contributed by atoms with van der Waals surface area (Å²) in [5.41, 5.74) is 22.2. The second-order valence-electron chi connectivity index (χ2n) is 16.1. The number of nitrogens with zero attached hydrogens (tertiary/aromatic N) is 2. The molecule has 13 nitrogen and oxygen atoms in total. The first-order chi connectivity index (χ1) is 31.0. The largest absolute Gasteiger partial charge is 0.492 e. The van der Waals surface area contributed by atoms with Crippen LogP contribution in [0.5, 0.6) is 11.5 Å². The van der Waals surface area contributed by atoms with Crippen molar-refractivity contribution in [2.45, 2.75) is 70.4 Å². The molecule has 0 fully saturated rings. The van der Waals surface area contributed by atoms with Crippen LogP contribution in [0.3, 0.4) is 0 Å². The molecule has 1 heterocycles. The van der Waals surface area contributed by atoms with Crippen LogP contribution in [0.15, 0.2) is 91.0 Å².